The molecule has 0 atom stereocenters. The molecular weight excluding hydrogens is 326 g/mol. The largest absolute Gasteiger partial charge is 0.495 e. The molecule has 0 aliphatic carbocycles. The third-order valence-corrected chi connectivity index (χ3v) is 3.57. The van der Waals surface area contributed by atoms with E-state index in [-0.39, 0.29) is 0 Å². The van der Waals surface area contributed by atoms with Crippen LogP contribution in [-0.4, -0.2) is 17.1 Å². The third-order valence-electron chi connectivity index (χ3n) is 3.34. The van der Waals surface area contributed by atoms with Gasteiger partial charge in [0, 0.05) is 10.7 Å². The number of hydrogen-bond donors (Lipinski definition) is 3. The lowest BCUT2D eigenvalue weighted by Gasteiger charge is -2.14. The summed E-state index contributed by atoms with van der Waals surface area (Å²) in [4.78, 5) is 8.39. The van der Waals surface area contributed by atoms with Crippen LogP contribution >= 0.6 is 11.6 Å². The molecule has 0 fully saturated rings. The number of nitrogens with two attached hydrogens (primary N) is 1. The molecule has 24 heavy (non-hydrogen) atoms. The SMILES string of the molecule is COc1ccc(Cl)cc1Nc1ncnc(Nc2ccccc2)c1N. The third kappa shape index (κ3) is 3.49. The van der Waals surface area contributed by atoms with Gasteiger partial charge in [0.15, 0.2) is 11.6 Å². The van der Waals surface area contributed by atoms with E-state index in [1.54, 1.807) is 25.3 Å². The number of nitrogens with one attached hydrogen (secondary N) is 2. The van der Waals surface area contributed by atoms with Crippen molar-refractivity contribution in [3.05, 3.63) is 59.9 Å². The standard InChI is InChI=1S/C17H16ClN5O/c1-24-14-8-7-11(18)9-13(14)23-17-15(19)16(20-10-21-17)22-12-5-3-2-4-6-12/h2-10H,19H2,1H3,(H2,20,21,22,23). The van der Waals surface area contributed by atoms with E-state index in [1.807, 2.05) is 30.3 Å². The zero-order chi connectivity index (χ0) is 16.9. The van der Waals surface area contributed by atoms with Crippen LogP contribution in [0.1, 0.15) is 0 Å². The first-order valence-electron chi connectivity index (χ1n) is 7.20. The first-order valence-corrected chi connectivity index (χ1v) is 7.58. The summed E-state index contributed by atoms with van der Waals surface area (Å²) in [5, 5.41) is 6.88. The number of nitrogens with zero attached hydrogens (tertiary/aromatic N) is 2. The first-order chi connectivity index (χ1) is 11.7. The molecular formula is C17H16ClN5O. The Morgan fingerprint density at radius 2 is 1.71 bits per heavy atom. The average molecular weight is 342 g/mol. The van der Waals surface area contributed by atoms with Gasteiger partial charge in [-0.05, 0) is 30.3 Å². The molecule has 0 bridgehead atoms. The van der Waals surface area contributed by atoms with E-state index < -0.39 is 0 Å². The average Bonchev–Trinajstić information content (AvgIpc) is 2.60. The Morgan fingerprint density at radius 1 is 1.00 bits per heavy atom. The van der Waals surface area contributed by atoms with Crippen molar-refractivity contribution in [2.45, 2.75) is 0 Å². The molecule has 0 aliphatic rings. The highest BCUT2D eigenvalue weighted by atomic mass is 35.5. The van der Waals surface area contributed by atoms with E-state index in [0.29, 0.717) is 33.8 Å². The molecule has 1 heterocycles. The predicted molar refractivity (Wildman–Crippen MR) is 97.5 cm³/mol. The smallest absolute Gasteiger partial charge is 0.159 e. The lowest BCUT2D eigenvalue weighted by atomic mass is 10.2. The van der Waals surface area contributed by atoms with Gasteiger partial charge in [-0.15, -0.1) is 0 Å². The van der Waals surface area contributed by atoms with Crippen LogP contribution in [-0.2, 0) is 0 Å². The summed E-state index contributed by atoms with van der Waals surface area (Å²) in [6.45, 7) is 0. The lowest BCUT2D eigenvalue weighted by molar-refractivity contribution is 0.417. The molecule has 0 unspecified atom stereocenters. The van der Waals surface area contributed by atoms with E-state index in [0.717, 1.165) is 5.69 Å². The Kier molecular flexibility index (Phi) is 4.67. The molecule has 0 radical (unpaired) electrons. The van der Waals surface area contributed by atoms with Crippen LogP contribution in [0, 0.1) is 0 Å². The van der Waals surface area contributed by atoms with Crippen molar-refractivity contribution >= 4 is 40.3 Å². The molecule has 2 aromatic carbocycles. The number of para-hydroxylation sites is 1. The summed E-state index contributed by atoms with van der Waals surface area (Å²) in [7, 11) is 1.58. The molecule has 3 rings (SSSR count). The minimum Gasteiger partial charge on any atom is -0.495 e. The van der Waals surface area contributed by atoms with Crippen molar-refractivity contribution in [3.63, 3.8) is 0 Å². The van der Waals surface area contributed by atoms with Gasteiger partial charge in [0.2, 0.25) is 0 Å². The van der Waals surface area contributed by atoms with Crippen LogP contribution in [0.2, 0.25) is 5.02 Å². The summed E-state index contributed by atoms with van der Waals surface area (Å²) in [5.74, 6) is 1.61. The highest BCUT2D eigenvalue weighted by Gasteiger charge is 2.11. The molecule has 122 valence electrons. The molecule has 0 saturated heterocycles. The van der Waals surface area contributed by atoms with Crippen molar-refractivity contribution in [1.82, 2.24) is 9.97 Å². The van der Waals surface area contributed by atoms with Gasteiger partial charge in [-0.2, -0.15) is 0 Å². The van der Waals surface area contributed by atoms with Gasteiger partial charge < -0.3 is 21.1 Å². The summed E-state index contributed by atoms with van der Waals surface area (Å²) < 4.78 is 5.32. The van der Waals surface area contributed by atoms with E-state index in [4.69, 9.17) is 22.1 Å². The molecule has 6 nitrogen and oxygen atoms in total. The second kappa shape index (κ2) is 7.06. The van der Waals surface area contributed by atoms with Crippen molar-refractivity contribution in [2.24, 2.45) is 0 Å². The Balaban J connectivity index is 1.90. The minimum atomic E-state index is 0.392. The first kappa shape index (κ1) is 15.9. The highest BCUT2D eigenvalue weighted by Crippen LogP contribution is 2.33. The quantitative estimate of drug-likeness (QED) is 0.644. The topological polar surface area (TPSA) is 85.1 Å². The van der Waals surface area contributed by atoms with Crippen molar-refractivity contribution in [3.8, 4) is 5.75 Å². The van der Waals surface area contributed by atoms with Crippen LogP contribution in [0.3, 0.4) is 0 Å². The Labute approximate surface area is 144 Å². The number of halogens is 1. The van der Waals surface area contributed by atoms with E-state index in [2.05, 4.69) is 20.6 Å². The minimum absolute atomic E-state index is 0.392. The van der Waals surface area contributed by atoms with E-state index in [9.17, 15) is 0 Å². The summed E-state index contributed by atoms with van der Waals surface area (Å²) in [5.41, 5.74) is 8.13. The molecule has 0 amide bonds. The Morgan fingerprint density at radius 3 is 2.42 bits per heavy atom. The second-order valence-corrected chi connectivity index (χ2v) is 5.38. The second-order valence-electron chi connectivity index (χ2n) is 4.95. The highest BCUT2D eigenvalue weighted by molar-refractivity contribution is 6.31. The van der Waals surface area contributed by atoms with Gasteiger partial charge in [-0.1, -0.05) is 29.8 Å². The fourth-order valence-corrected chi connectivity index (χ4v) is 2.33. The van der Waals surface area contributed by atoms with Crippen LogP contribution in [0.4, 0.5) is 28.7 Å². The maximum atomic E-state index is 6.18. The zero-order valence-electron chi connectivity index (χ0n) is 13.0. The van der Waals surface area contributed by atoms with Gasteiger partial charge in [0.25, 0.3) is 0 Å². The van der Waals surface area contributed by atoms with Gasteiger partial charge >= 0.3 is 0 Å². The summed E-state index contributed by atoms with van der Waals surface area (Å²) in [6.07, 6.45) is 1.43. The molecule has 0 saturated carbocycles. The fourth-order valence-electron chi connectivity index (χ4n) is 2.16. The van der Waals surface area contributed by atoms with E-state index >= 15 is 0 Å². The Bertz CT molecular complexity index is 842. The van der Waals surface area contributed by atoms with Crippen LogP contribution < -0.4 is 21.1 Å². The molecule has 3 aromatic rings. The number of anilines is 5. The molecule has 1 aromatic heterocycles. The summed E-state index contributed by atoms with van der Waals surface area (Å²) in [6, 6.07) is 14.9. The van der Waals surface area contributed by atoms with Gasteiger partial charge in [0.05, 0.1) is 12.8 Å². The normalized spacial score (nSPS) is 10.2. The Hall–Kier alpha value is -2.99. The maximum Gasteiger partial charge on any atom is 0.159 e. The number of nitrogen functional groups attached to an aromatic ring is 1. The summed E-state index contributed by atoms with van der Waals surface area (Å²) >= 11 is 6.05. The van der Waals surface area contributed by atoms with E-state index in [1.165, 1.54) is 6.33 Å². The van der Waals surface area contributed by atoms with Crippen LogP contribution in [0.25, 0.3) is 0 Å². The van der Waals surface area contributed by atoms with Crippen LogP contribution in [0.15, 0.2) is 54.9 Å². The van der Waals surface area contributed by atoms with Crippen molar-refractivity contribution in [1.29, 1.82) is 0 Å². The number of aromatic nitrogens is 2. The zero-order valence-corrected chi connectivity index (χ0v) is 13.7. The number of hydrogen-bond acceptors (Lipinski definition) is 6. The predicted octanol–water partition coefficient (Wildman–Crippen LogP) is 4.21. The number of benzene rings is 2. The van der Waals surface area contributed by atoms with Crippen molar-refractivity contribution < 1.29 is 4.74 Å². The molecule has 0 spiro atoms. The maximum absolute atomic E-state index is 6.18. The molecule has 0 aliphatic heterocycles. The lowest BCUT2D eigenvalue weighted by Crippen LogP contribution is -2.05. The van der Waals surface area contributed by atoms with Gasteiger partial charge in [-0.25, -0.2) is 9.97 Å². The van der Waals surface area contributed by atoms with Gasteiger partial charge in [0.1, 0.15) is 17.8 Å². The molecule has 4 N–H and O–H groups in total. The number of methoxy groups -OCH3 is 1. The van der Waals surface area contributed by atoms with Gasteiger partial charge in [-0.3, -0.25) is 0 Å². The number of ether oxygens (including phenoxy) is 1. The molecule has 7 heteroatoms. The van der Waals surface area contributed by atoms with Crippen LogP contribution in [0.5, 0.6) is 5.75 Å². The number of rotatable bonds is 5. The van der Waals surface area contributed by atoms with Crippen molar-refractivity contribution in [2.75, 3.05) is 23.5 Å². The monoisotopic (exact) mass is 341 g/mol. The fraction of sp³-hybridized carbons (Fsp3) is 0.0588.